The van der Waals surface area contributed by atoms with E-state index in [1.54, 1.807) is 0 Å². The van der Waals surface area contributed by atoms with Crippen LogP contribution in [0.25, 0.3) is 0 Å². The maximum Gasteiger partial charge on any atom is 0.547 e. The van der Waals surface area contributed by atoms with Gasteiger partial charge in [0.05, 0.1) is 0 Å². The van der Waals surface area contributed by atoms with Crippen molar-refractivity contribution < 1.29 is 24.8 Å². The predicted molar refractivity (Wildman–Crippen MR) is 37.8 cm³/mol. The number of phenolic OH excluding ortho intramolecular Hbond substituents is 1. The van der Waals surface area contributed by atoms with E-state index in [1.807, 2.05) is 0 Å². The van der Waals surface area contributed by atoms with Gasteiger partial charge in [0.25, 0.3) is 0 Å². The van der Waals surface area contributed by atoms with Crippen LogP contribution in [0, 0.1) is 0 Å². The van der Waals surface area contributed by atoms with Crippen molar-refractivity contribution >= 4 is 6.16 Å². The minimum atomic E-state index is -1.52. The van der Waals surface area contributed by atoms with Crippen molar-refractivity contribution in [1.29, 1.82) is 0 Å². The van der Waals surface area contributed by atoms with Crippen LogP contribution in [0.15, 0.2) is 24.3 Å². The van der Waals surface area contributed by atoms with Crippen LogP contribution in [0.4, 0.5) is 4.79 Å². The minimum absolute atomic E-state index is 0.0673. The van der Waals surface area contributed by atoms with Crippen molar-refractivity contribution in [1.82, 2.24) is 0 Å². The molecule has 0 unspecified atom stereocenters. The lowest BCUT2D eigenvalue weighted by atomic mass is 10.3. The average molecular weight is 170 g/mol. The van der Waals surface area contributed by atoms with Gasteiger partial charge in [-0.15, -0.1) is 0 Å². The van der Waals surface area contributed by atoms with Crippen molar-refractivity contribution in [2.45, 2.75) is 0 Å². The number of benzene rings is 1. The number of aromatic hydroxyl groups is 1. The third-order valence-electron chi connectivity index (χ3n) is 1.05. The molecule has 1 aromatic rings. The summed E-state index contributed by atoms with van der Waals surface area (Å²) in [5.74, 6) is 0.271. The summed E-state index contributed by atoms with van der Waals surface area (Å²) in [6.45, 7) is 0. The number of carbonyl (C=O) groups is 1. The summed E-state index contributed by atoms with van der Waals surface area (Å²) in [5, 5.41) is 16.9. The zero-order valence-corrected chi connectivity index (χ0v) is 5.93. The van der Waals surface area contributed by atoms with Gasteiger partial charge in [0.1, 0.15) is 5.75 Å². The molecular formula is C7H6O5. The number of hydrogen-bond donors (Lipinski definition) is 2. The fourth-order valence-electron chi connectivity index (χ4n) is 0.585. The van der Waals surface area contributed by atoms with Crippen molar-refractivity contribution in [3.63, 3.8) is 0 Å². The van der Waals surface area contributed by atoms with Crippen LogP contribution in [0.2, 0.25) is 0 Å². The maximum absolute atomic E-state index is 9.84. The molecule has 2 N–H and O–H groups in total. The number of phenols is 1. The zero-order chi connectivity index (χ0) is 8.97. The summed E-state index contributed by atoms with van der Waals surface area (Å²) in [6, 6.07) is 5.44. The molecule has 0 aliphatic rings. The van der Waals surface area contributed by atoms with Crippen LogP contribution in [0.5, 0.6) is 11.5 Å². The van der Waals surface area contributed by atoms with E-state index in [0.29, 0.717) is 0 Å². The van der Waals surface area contributed by atoms with Gasteiger partial charge in [-0.1, -0.05) is 0 Å². The molecule has 0 fully saturated rings. The Morgan fingerprint density at radius 3 is 2.33 bits per heavy atom. The predicted octanol–water partition coefficient (Wildman–Crippen LogP) is 1.38. The second-order valence-electron chi connectivity index (χ2n) is 1.93. The Hall–Kier alpha value is -1.91. The van der Waals surface area contributed by atoms with E-state index in [-0.39, 0.29) is 11.5 Å². The topological polar surface area (TPSA) is 76.0 Å². The maximum atomic E-state index is 9.84. The van der Waals surface area contributed by atoms with Gasteiger partial charge in [-0.05, 0) is 24.3 Å². The van der Waals surface area contributed by atoms with Gasteiger partial charge >= 0.3 is 6.16 Å². The standard InChI is InChI=1S/C7H6O5/c8-5-1-3-6(4-2-5)11-12-7(9)10/h1-4,8H,(H,9,10). The molecular weight excluding hydrogens is 164 g/mol. The van der Waals surface area contributed by atoms with Crippen molar-refractivity contribution in [3.8, 4) is 11.5 Å². The molecule has 0 amide bonds. The first-order valence-corrected chi connectivity index (χ1v) is 3.05. The SMILES string of the molecule is O=C(O)OOc1ccc(O)cc1. The van der Waals surface area contributed by atoms with E-state index in [1.165, 1.54) is 24.3 Å². The molecule has 0 radical (unpaired) electrons. The Bertz CT molecular complexity index is 266. The van der Waals surface area contributed by atoms with Crippen LogP contribution >= 0.6 is 0 Å². The molecule has 0 bridgehead atoms. The first-order chi connectivity index (χ1) is 5.68. The Balaban J connectivity index is 2.53. The third-order valence-corrected chi connectivity index (χ3v) is 1.05. The largest absolute Gasteiger partial charge is 0.547 e. The van der Waals surface area contributed by atoms with Crippen LogP contribution in [0.3, 0.4) is 0 Å². The number of carboxylic acid groups (broad SMARTS) is 1. The summed E-state index contributed by atoms with van der Waals surface area (Å²) in [6.07, 6.45) is -1.52. The van der Waals surface area contributed by atoms with E-state index >= 15 is 0 Å². The lowest BCUT2D eigenvalue weighted by molar-refractivity contribution is -0.161. The van der Waals surface area contributed by atoms with Crippen LogP contribution in [0.1, 0.15) is 0 Å². The van der Waals surface area contributed by atoms with Crippen molar-refractivity contribution in [3.05, 3.63) is 24.3 Å². The van der Waals surface area contributed by atoms with Gasteiger partial charge < -0.3 is 10.2 Å². The van der Waals surface area contributed by atoms with Gasteiger partial charge in [0.15, 0.2) is 5.75 Å². The summed E-state index contributed by atoms with van der Waals surface area (Å²) in [4.78, 5) is 18.0. The molecule has 0 atom stereocenters. The molecule has 5 heteroatoms. The second-order valence-corrected chi connectivity index (χ2v) is 1.93. The molecule has 0 heterocycles. The molecule has 0 saturated carbocycles. The quantitative estimate of drug-likeness (QED) is 0.518. The first-order valence-electron chi connectivity index (χ1n) is 3.05. The summed E-state index contributed by atoms with van der Waals surface area (Å²) in [7, 11) is 0. The smallest absolute Gasteiger partial charge is 0.508 e. The molecule has 12 heavy (non-hydrogen) atoms. The molecule has 0 aliphatic heterocycles. The molecule has 5 nitrogen and oxygen atoms in total. The van der Waals surface area contributed by atoms with Gasteiger partial charge in [0, 0.05) is 0 Å². The van der Waals surface area contributed by atoms with E-state index in [2.05, 4.69) is 9.78 Å². The monoisotopic (exact) mass is 170 g/mol. The molecule has 0 saturated heterocycles. The minimum Gasteiger partial charge on any atom is -0.508 e. The van der Waals surface area contributed by atoms with Crippen molar-refractivity contribution in [2.24, 2.45) is 0 Å². The Labute approximate surface area is 67.7 Å². The van der Waals surface area contributed by atoms with Gasteiger partial charge in [-0.3, -0.25) is 4.89 Å². The summed E-state index contributed by atoms with van der Waals surface area (Å²) >= 11 is 0. The number of hydrogen-bond acceptors (Lipinski definition) is 4. The van der Waals surface area contributed by atoms with E-state index < -0.39 is 6.16 Å². The van der Waals surface area contributed by atoms with Gasteiger partial charge in [-0.2, -0.15) is 0 Å². The molecule has 64 valence electrons. The molecule has 0 aliphatic carbocycles. The Kier molecular flexibility index (Phi) is 2.37. The van der Waals surface area contributed by atoms with E-state index in [9.17, 15) is 4.79 Å². The average Bonchev–Trinajstić information content (AvgIpc) is 2.03. The van der Waals surface area contributed by atoms with Crippen LogP contribution in [-0.4, -0.2) is 16.4 Å². The van der Waals surface area contributed by atoms with E-state index in [4.69, 9.17) is 10.2 Å². The molecule has 1 aromatic carbocycles. The van der Waals surface area contributed by atoms with Gasteiger partial charge in [-0.25, -0.2) is 9.68 Å². The lowest BCUT2D eigenvalue weighted by Gasteiger charge is -1.99. The van der Waals surface area contributed by atoms with E-state index in [0.717, 1.165) is 0 Å². The third kappa shape index (κ3) is 2.37. The normalized spacial score (nSPS) is 9.00. The fourth-order valence-corrected chi connectivity index (χ4v) is 0.585. The van der Waals surface area contributed by atoms with Crippen LogP contribution < -0.4 is 4.89 Å². The zero-order valence-electron chi connectivity index (χ0n) is 5.93. The van der Waals surface area contributed by atoms with Crippen LogP contribution in [-0.2, 0) is 4.89 Å². The lowest BCUT2D eigenvalue weighted by Crippen LogP contribution is -2.03. The first kappa shape index (κ1) is 8.19. The Morgan fingerprint density at radius 1 is 1.25 bits per heavy atom. The fraction of sp³-hybridized carbons (Fsp3) is 0. The second kappa shape index (κ2) is 3.47. The summed E-state index contributed by atoms with van der Waals surface area (Å²) < 4.78 is 0. The highest BCUT2D eigenvalue weighted by molar-refractivity contribution is 5.56. The highest BCUT2D eigenvalue weighted by atomic mass is 17.2. The highest BCUT2D eigenvalue weighted by Crippen LogP contribution is 2.15. The Morgan fingerprint density at radius 2 is 1.83 bits per heavy atom. The molecule has 1 rings (SSSR count). The number of rotatable bonds is 2. The molecule has 0 aromatic heterocycles. The summed E-state index contributed by atoms with van der Waals surface area (Å²) in [5.41, 5.74) is 0. The van der Waals surface area contributed by atoms with Gasteiger partial charge in [0.2, 0.25) is 0 Å². The van der Waals surface area contributed by atoms with Crippen molar-refractivity contribution in [2.75, 3.05) is 0 Å². The highest BCUT2D eigenvalue weighted by Gasteiger charge is 1.99. The molecule has 0 spiro atoms.